The number of benzene rings is 1. The number of carbonyl (C=O) groups excluding carboxylic acids is 2. The maximum atomic E-state index is 11.9. The van der Waals surface area contributed by atoms with Gasteiger partial charge in [0.1, 0.15) is 11.3 Å². The lowest BCUT2D eigenvalue weighted by atomic mass is 10.1. The Morgan fingerprint density at radius 3 is 2.82 bits per heavy atom. The Bertz CT molecular complexity index is 513. The zero-order valence-electron chi connectivity index (χ0n) is 12.6. The van der Waals surface area contributed by atoms with E-state index in [0.29, 0.717) is 6.42 Å². The van der Waals surface area contributed by atoms with Crippen LogP contribution in [0.15, 0.2) is 24.3 Å². The lowest BCUT2D eigenvalue weighted by molar-refractivity contribution is -0.134. The molecule has 22 heavy (non-hydrogen) atoms. The Labute approximate surface area is 138 Å². The smallest absolute Gasteiger partial charge is 0.341 e. The van der Waals surface area contributed by atoms with Crippen molar-refractivity contribution < 1.29 is 19.1 Å². The average Bonchev–Trinajstić information content (AvgIpc) is 3.05. The first-order chi connectivity index (χ1) is 10.7. The quantitative estimate of drug-likeness (QED) is 0.322. The molecule has 1 aliphatic rings. The molecule has 1 aromatic carbocycles. The van der Waals surface area contributed by atoms with Crippen molar-refractivity contribution in [3.8, 4) is 5.75 Å². The van der Waals surface area contributed by atoms with E-state index in [9.17, 15) is 9.59 Å². The highest BCUT2D eigenvalue weighted by atomic mass is 33.1. The molecule has 6 heteroatoms. The second-order valence-electron chi connectivity index (χ2n) is 5.04. The largest absolute Gasteiger partial charge is 0.465 e. The highest BCUT2D eigenvalue weighted by Gasteiger charge is 2.17. The van der Waals surface area contributed by atoms with Crippen LogP contribution in [0.2, 0.25) is 0 Å². The van der Waals surface area contributed by atoms with Crippen LogP contribution < -0.4 is 4.74 Å². The van der Waals surface area contributed by atoms with Gasteiger partial charge in [-0.05, 0) is 31.4 Å². The van der Waals surface area contributed by atoms with Gasteiger partial charge in [0.15, 0.2) is 0 Å². The van der Waals surface area contributed by atoms with Crippen LogP contribution in [0.25, 0.3) is 0 Å². The summed E-state index contributed by atoms with van der Waals surface area (Å²) < 4.78 is 9.97. The van der Waals surface area contributed by atoms with Gasteiger partial charge in [0.2, 0.25) is 0 Å². The van der Waals surface area contributed by atoms with Crippen molar-refractivity contribution in [1.82, 2.24) is 0 Å². The van der Waals surface area contributed by atoms with Crippen molar-refractivity contribution in [2.24, 2.45) is 0 Å². The molecular formula is C16H20O4S2. The molecule has 4 nitrogen and oxygen atoms in total. The highest BCUT2D eigenvalue weighted by molar-refractivity contribution is 8.77. The molecule has 0 spiro atoms. The van der Waals surface area contributed by atoms with Gasteiger partial charge in [-0.3, -0.25) is 4.79 Å². The monoisotopic (exact) mass is 340 g/mol. The van der Waals surface area contributed by atoms with Crippen molar-refractivity contribution in [2.75, 3.05) is 12.9 Å². The zero-order chi connectivity index (χ0) is 15.8. The third-order valence-electron chi connectivity index (χ3n) is 3.40. The van der Waals surface area contributed by atoms with Crippen molar-refractivity contribution in [3.63, 3.8) is 0 Å². The first-order valence-corrected chi connectivity index (χ1v) is 9.75. The van der Waals surface area contributed by atoms with E-state index in [1.807, 2.05) is 21.6 Å². The Morgan fingerprint density at radius 2 is 2.09 bits per heavy atom. The van der Waals surface area contributed by atoms with Crippen LogP contribution in [-0.2, 0) is 9.53 Å². The van der Waals surface area contributed by atoms with Crippen molar-refractivity contribution in [2.45, 2.75) is 37.4 Å². The summed E-state index contributed by atoms with van der Waals surface area (Å²) in [5, 5.41) is 0.737. The normalized spacial score (nSPS) is 17.2. The molecule has 0 aliphatic carbocycles. The number of hydrogen-bond donors (Lipinski definition) is 0. The van der Waals surface area contributed by atoms with Gasteiger partial charge < -0.3 is 9.47 Å². The van der Waals surface area contributed by atoms with Gasteiger partial charge in [0.05, 0.1) is 7.11 Å². The molecule has 120 valence electrons. The molecule has 1 saturated heterocycles. The molecule has 0 amide bonds. The minimum absolute atomic E-state index is 0.266. The van der Waals surface area contributed by atoms with Crippen LogP contribution in [0.5, 0.6) is 5.75 Å². The van der Waals surface area contributed by atoms with Crippen molar-refractivity contribution in [3.05, 3.63) is 29.8 Å². The van der Waals surface area contributed by atoms with Crippen molar-refractivity contribution >= 4 is 33.5 Å². The molecule has 0 saturated carbocycles. The summed E-state index contributed by atoms with van der Waals surface area (Å²) in [6.45, 7) is 0. The number of carbonyl (C=O) groups is 2. The van der Waals surface area contributed by atoms with Crippen LogP contribution in [0.4, 0.5) is 0 Å². The van der Waals surface area contributed by atoms with Gasteiger partial charge >= 0.3 is 11.9 Å². The van der Waals surface area contributed by atoms with Gasteiger partial charge in [0, 0.05) is 17.4 Å². The molecule has 1 heterocycles. The molecule has 1 aliphatic heterocycles. The average molecular weight is 340 g/mol. The molecule has 0 radical (unpaired) electrons. The number of ether oxygens (including phenoxy) is 2. The number of esters is 2. The van der Waals surface area contributed by atoms with Gasteiger partial charge in [-0.25, -0.2) is 4.79 Å². The predicted molar refractivity (Wildman–Crippen MR) is 90.3 cm³/mol. The van der Waals surface area contributed by atoms with Gasteiger partial charge in [0.25, 0.3) is 0 Å². The fourth-order valence-electron chi connectivity index (χ4n) is 2.21. The lowest BCUT2D eigenvalue weighted by Gasteiger charge is -2.09. The minimum atomic E-state index is -0.501. The first kappa shape index (κ1) is 17.2. The predicted octanol–water partition coefficient (Wildman–Crippen LogP) is 4.09. The number of methoxy groups -OCH3 is 1. The van der Waals surface area contributed by atoms with E-state index in [1.165, 1.54) is 19.3 Å². The van der Waals surface area contributed by atoms with Crippen LogP contribution in [0.3, 0.4) is 0 Å². The Morgan fingerprint density at radius 1 is 1.27 bits per heavy atom. The fourth-order valence-corrected chi connectivity index (χ4v) is 5.24. The summed E-state index contributed by atoms with van der Waals surface area (Å²) in [5.74, 6) is 0.702. The molecule has 2 rings (SSSR count). The van der Waals surface area contributed by atoms with Crippen LogP contribution in [0.1, 0.15) is 42.5 Å². The summed E-state index contributed by atoms with van der Waals surface area (Å²) in [6, 6.07) is 6.63. The number of unbranched alkanes of at least 4 members (excludes halogenated alkanes) is 1. The summed E-state index contributed by atoms with van der Waals surface area (Å²) >= 11 is 0. The Kier molecular flexibility index (Phi) is 7.12. The van der Waals surface area contributed by atoms with E-state index in [0.717, 1.165) is 24.5 Å². The summed E-state index contributed by atoms with van der Waals surface area (Å²) in [5.41, 5.74) is 0.276. The second kappa shape index (κ2) is 9.10. The van der Waals surface area contributed by atoms with E-state index in [1.54, 1.807) is 24.3 Å². The molecule has 1 atom stereocenters. The van der Waals surface area contributed by atoms with E-state index in [2.05, 4.69) is 4.74 Å². The standard InChI is InChI=1S/C16H20O4S2/c1-19-16(18)13-7-3-4-8-14(13)20-15(17)9-5-2-6-12-10-11-21-22-12/h3-4,7-8,12H,2,5-6,9-11H2,1H3/t12-/m1/s1. The summed E-state index contributed by atoms with van der Waals surface area (Å²) in [6.07, 6.45) is 4.66. The SMILES string of the molecule is COC(=O)c1ccccc1OC(=O)CCCC[C@@H]1CCSS1. The first-order valence-electron chi connectivity index (χ1n) is 7.37. The van der Waals surface area contributed by atoms with Crippen LogP contribution in [0, 0.1) is 0 Å². The third kappa shape index (κ3) is 5.25. The fraction of sp³-hybridized carbons (Fsp3) is 0.500. The third-order valence-corrected chi connectivity index (χ3v) is 6.41. The molecule has 0 aromatic heterocycles. The van der Waals surface area contributed by atoms with Crippen LogP contribution in [-0.4, -0.2) is 30.1 Å². The molecule has 0 unspecified atom stereocenters. The molecule has 0 N–H and O–H groups in total. The van der Waals surface area contributed by atoms with Crippen LogP contribution >= 0.6 is 21.6 Å². The maximum absolute atomic E-state index is 11.9. The maximum Gasteiger partial charge on any atom is 0.341 e. The highest BCUT2D eigenvalue weighted by Crippen LogP contribution is 2.39. The lowest BCUT2D eigenvalue weighted by Crippen LogP contribution is -2.12. The topological polar surface area (TPSA) is 52.6 Å². The number of para-hydroxylation sites is 1. The number of rotatable bonds is 7. The van der Waals surface area contributed by atoms with Gasteiger partial charge in [-0.1, -0.05) is 40.1 Å². The summed E-state index contributed by atoms with van der Waals surface area (Å²) in [7, 11) is 5.20. The molecule has 1 aromatic rings. The zero-order valence-corrected chi connectivity index (χ0v) is 14.2. The van der Waals surface area contributed by atoms with E-state index in [-0.39, 0.29) is 17.3 Å². The Balaban J connectivity index is 1.75. The van der Waals surface area contributed by atoms with E-state index >= 15 is 0 Å². The van der Waals surface area contributed by atoms with E-state index in [4.69, 9.17) is 4.74 Å². The molecule has 1 fully saturated rings. The minimum Gasteiger partial charge on any atom is -0.465 e. The second-order valence-corrected chi connectivity index (χ2v) is 7.82. The Hall–Kier alpha value is -1.14. The summed E-state index contributed by atoms with van der Waals surface area (Å²) in [4.78, 5) is 23.5. The van der Waals surface area contributed by atoms with E-state index < -0.39 is 5.97 Å². The molecular weight excluding hydrogens is 320 g/mol. The van der Waals surface area contributed by atoms with Gasteiger partial charge in [-0.15, -0.1) is 0 Å². The van der Waals surface area contributed by atoms with Gasteiger partial charge in [-0.2, -0.15) is 0 Å². The number of hydrogen-bond acceptors (Lipinski definition) is 6. The van der Waals surface area contributed by atoms with Crippen molar-refractivity contribution in [1.29, 1.82) is 0 Å². The molecule has 0 bridgehead atoms.